The summed E-state index contributed by atoms with van der Waals surface area (Å²) in [6, 6.07) is 13.5. The molecule has 3 rings (SSSR count). The fraction of sp³-hybridized carbons (Fsp3) is 0.0588. The molecule has 0 spiro atoms. The third kappa shape index (κ3) is 4.66. The van der Waals surface area contributed by atoms with Crippen LogP contribution in [0.3, 0.4) is 0 Å². The number of benzene rings is 2. The quantitative estimate of drug-likeness (QED) is 0.650. The molecule has 0 saturated carbocycles. The van der Waals surface area contributed by atoms with E-state index < -0.39 is 0 Å². The van der Waals surface area contributed by atoms with Crippen molar-refractivity contribution in [2.24, 2.45) is 0 Å². The third-order valence-corrected chi connectivity index (χ3v) is 4.18. The number of hydrogen-bond acceptors (Lipinski definition) is 3. The molecule has 2 aromatic carbocycles. The van der Waals surface area contributed by atoms with Crippen LogP contribution < -0.4 is 10.1 Å². The van der Waals surface area contributed by atoms with Crippen molar-refractivity contribution in [1.82, 2.24) is 9.78 Å². The van der Waals surface area contributed by atoms with Gasteiger partial charge in [-0.3, -0.25) is 4.79 Å². The Labute approximate surface area is 159 Å². The number of carbonyl (C=O) groups excluding carboxylic acids is 1. The minimum atomic E-state index is -0.361. The molecule has 0 aliphatic rings. The van der Waals surface area contributed by atoms with Crippen molar-refractivity contribution >= 4 is 46.4 Å². The molecule has 0 saturated heterocycles. The number of halogens is 3. The van der Waals surface area contributed by atoms with Crippen molar-refractivity contribution in [3.63, 3.8) is 0 Å². The molecule has 1 aromatic heterocycles. The molecule has 0 atom stereocenters. The predicted octanol–water partition coefficient (Wildman–Crippen LogP) is 5.13. The highest BCUT2D eigenvalue weighted by molar-refractivity contribution is 6.42. The summed E-state index contributed by atoms with van der Waals surface area (Å²) in [6.45, 7) is 0.153. The maximum atomic E-state index is 12.2. The number of rotatable bonds is 5. The average molecular weight is 397 g/mol. The minimum absolute atomic E-state index is 0.153. The van der Waals surface area contributed by atoms with Crippen molar-refractivity contribution in [2.45, 2.75) is 6.73 Å². The van der Waals surface area contributed by atoms with Gasteiger partial charge < -0.3 is 10.1 Å². The number of hydrogen-bond donors (Lipinski definition) is 1. The summed E-state index contributed by atoms with van der Waals surface area (Å²) in [5.74, 6) is 0.254. The van der Waals surface area contributed by atoms with Gasteiger partial charge in [0, 0.05) is 16.9 Å². The van der Waals surface area contributed by atoms with Crippen LogP contribution in [0, 0.1) is 0 Å². The van der Waals surface area contributed by atoms with Gasteiger partial charge in [0.1, 0.15) is 5.75 Å². The summed E-state index contributed by atoms with van der Waals surface area (Å²) in [7, 11) is 0. The first-order chi connectivity index (χ1) is 12.0. The van der Waals surface area contributed by atoms with E-state index in [2.05, 4.69) is 10.4 Å². The van der Waals surface area contributed by atoms with E-state index >= 15 is 0 Å². The van der Waals surface area contributed by atoms with E-state index in [9.17, 15) is 4.79 Å². The Morgan fingerprint density at radius 2 is 1.92 bits per heavy atom. The lowest BCUT2D eigenvalue weighted by Gasteiger charge is -2.06. The van der Waals surface area contributed by atoms with Crippen LogP contribution in [-0.2, 0) is 6.73 Å². The highest BCUT2D eigenvalue weighted by atomic mass is 35.5. The topological polar surface area (TPSA) is 56.2 Å². The number of nitrogens with zero attached hydrogens (tertiary/aromatic N) is 2. The van der Waals surface area contributed by atoms with E-state index in [1.807, 2.05) is 0 Å². The van der Waals surface area contributed by atoms with Gasteiger partial charge in [0.25, 0.3) is 5.91 Å². The minimum Gasteiger partial charge on any atom is -0.471 e. The molecule has 1 N–H and O–H groups in total. The average Bonchev–Trinajstić information content (AvgIpc) is 3.06. The first kappa shape index (κ1) is 17.6. The molecule has 25 heavy (non-hydrogen) atoms. The predicted molar refractivity (Wildman–Crippen MR) is 98.7 cm³/mol. The molecule has 0 radical (unpaired) electrons. The van der Waals surface area contributed by atoms with Crippen LogP contribution in [0.25, 0.3) is 0 Å². The summed E-state index contributed by atoms with van der Waals surface area (Å²) in [5, 5.41) is 8.24. The monoisotopic (exact) mass is 395 g/mol. The van der Waals surface area contributed by atoms with E-state index in [0.29, 0.717) is 26.5 Å². The van der Waals surface area contributed by atoms with Gasteiger partial charge in [-0.25, -0.2) is 4.68 Å². The second-order valence-electron chi connectivity index (χ2n) is 5.05. The molecule has 5 nitrogen and oxygen atoms in total. The summed E-state index contributed by atoms with van der Waals surface area (Å²) in [4.78, 5) is 12.2. The van der Waals surface area contributed by atoms with Crippen LogP contribution in [0.4, 0.5) is 5.69 Å². The van der Waals surface area contributed by atoms with Gasteiger partial charge in [-0.2, -0.15) is 5.10 Å². The Bertz CT molecular complexity index is 912. The van der Waals surface area contributed by atoms with E-state index in [1.165, 1.54) is 4.68 Å². The molecule has 0 aliphatic heterocycles. The zero-order valence-electron chi connectivity index (χ0n) is 12.7. The fourth-order valence-corrected chi connectivity index (χ4v) is 2.50. The summed E-state index contributed by atoms with van der Waals surface area (Å²) >= 11 is 17.7. The fourth-order valence-electron chi connectivity index (χ4n) is 2.02. The second kappa shape index (κ2) is 7.78. The first-order valence-electron chi connectivity index (χ1n) is 7.19. The highest BCUT2D eigenvalue weighted by Gasteiger charge is 2.11. The van der Waals surface area contributed by atoms with Gasteiger partial charge in [-0.15, -0.1) is 0 Å². The number of anilines is 1. The Morgan fingerprint density at radius 3 is 2.68 bits per heavy atom. The van der Waals surface area contributed by atoms with Gasteiger partial charge in [0.05, 0.1) is 10.0 Å². The van der Waals surface area contributed by atoms with Gasteiger partial charge in [-0.1, -0.05) is 40.9 Å². The number of aromatic nitrogens is 2. The zero-order chi connectivity index (χ0) is 17.8. The highest BCUT2D eigenvalue weighted by Crippen LogP contribution is 2.25. The van der Waals surface area contributed by atoms with E-state index in [1.54, 1.807) is 54.7 Å². The van der Waals surface area contributed by atoms with Crippen LogP contribution in [0.5, 0.6) is 5.75 Å². The summed E-state index contributed by atoms with van der Waals surface area (Å²) in [5.41, 5.74) is 0.782. The zero-order valence-corrected chi connectivity index (χ0v) is 15.0. The molecule has 0 fully saturated rings. The van der Waals surface area contributed by atoms with Crippen molar-refractivity contribution < 1.29 is 9.53 Å². The third-order valence-electron chi connectivity index (χ3n) is 3.21. The molecule has 1 heterocycles. The normalized spacial score (nSPS) is 10.5. The van der Waals surface area contributed by atoms with E-state index in [0.717, 1.165) is 0 Å². The lowest BCUT2D eigenvalue weighted by Crippen LogP contribution is -2.14. The Morgan fingerprint density at radius 1 is 1.08 bits per heavy atom. The smallest absolute Gasteiger partial charge is 0.276 e. The lowest BCUT2D eigenvalue weighted by atomic mass is 10.3. The maximum Gasteiger partial charge on any atom is 0.276 e. The van der Waals surface area contributed by atoms with Crippen molar-refractivity contribution in [1.29, 1.82) is 0 Å². The Balaban J connectivity index is 1.62. The molecule has 0 unspecified atom stereocenters. The van der Waals surface area contributed by atoms with Crippen molar-refractivity contribution in [2.75, 3.05) is 5.32 Å². The molecule has 0 aliphatic carbocycles. The number of nitrogens with one attached hydrogen (secondary N) is 1. The summed E-state index contributed by atoms with van der Waals surface area (Å²) < 4.78 is 7.07. The Hall–Kier alpha value is -2.21. The van der Waals surface area contributed by atoms with Gasteiger partial charge >= 0.3 is 0 Å². The standard InChI is InChI=1S/C17H12Cl3N3O2/c18-11-2-1-3-13(8-11)25-10-23-7-6-16(22-23)17(24)21-12-4-5-14(19)15(20)9-12/h1-9H,10H2,(H,21,24). The van der Waals surface area contributed by atoms with Crippen LogP contribution in [-0.4, -0.2) is 15.7 Å². The van der Waals surface area contributed by atoms with Crippen LogP contribution in [0.2, 0.25) is 15.1 Å². The SMILES string of the molecule is O=C(Nc1ccc(Cl)c(Cl)c1)c1ccn(COc2cccc(Cl)c2)n1. The number of amides is 1. The molecular formula is C17H12Cl3N3O2. The molecule has 128 valence electrons. The van der Waals surface area contributed by atoms with Gasteiger partial charge in [0.2, 0.25) is 0 Å². The first-order valence-corrected chi connectivity index (χ1v) is 8.33. The molecule has 3 aromatic rings. The maximum absolute atomic E-state index is 12.2. The van der Waals surface area contributed by atoms with Crippen LogP contribution in [0.1, 0.15) is 10.5 Å². The van der Waals surface area contributed by atoms with E-state index in [-0.39, 0.29) is 18.3 Å². The lowest BCUT2D eigenvalue weighted by molar-refractivity contribution is 0.102. The van der Waals surface area contributed by atoms with Crippen LogP contribution >= 0.6 is 34.8 Å². The van der Waals surface area contributed by atoms with Gasteiger partial charge in [0.15, 0.2) is 12.4 Å². The van der Waals surface area contributed by atoms with E-state index in [4.69, 9.17) is 39.5 Å². The summed E-state index contributed by atoms with van der Waals surface area (Å²) in [6.07, 6.45) is 1.65. The van der Waals surface area contributed by atoms with Crippen molar-refractivity contribution in [3.8, 4) is 5.75 Å². The Kier molecular flexibility index (Phi) is 5.48. The van der Waals surface area contributed by atoms with Crippen molar-refractivity contribution in [3.05, 3.63) is 75.5 Å². The molecule has 0 bridgehead atoms. The van der Waals surface area contributed by atoms with Gasteiger partial charge in [-0.05, 0) is 42.5 Å². The molecule has 1 amide bonds. The molecule has 8 heteroatoms. The molecular weight excluding hydrogens is 385 g/mol. The number of ether oxygens (including phenoxy) is 1. The largest absolute Gasteiger partial charge is 0.471 e. The number of carbonyl (C=O) groups is 1. The van der Waals surface area contributed by atoms with Crippen LogP contribution in [0.15, 0.2) is 54.7 Å². The second-order valence-corrected chi connectivity index (χ2v) is 6.31.